The molecule has 0 aliphatic heterocycles. The molecule has 0 heterocycles. The molecule has 0 aromatic rings. The Bertz CT molecular complexity index is 153. The summed E-state index contributed by atoms with van der Waals surface area (Å²) in [7, 11) is 0. The van der Waals surface area contributed by atoms with Crippen molar-refractivity contribution in [2.75, 3.05) is 0 Å². The summed E-state index contributed by atoms with van der Waals surface area (Å²) in [5.74, 6) is -0.685. The second kappa shape index (κ2) is 2.40. The molecule has 3 heteroatoms. The monoisotopic (exact) mass is 146 g/mol. The van der Waals surface area contributed by atoms with Crippen LogP contribution in [-0.2, 0) is 4.79 Å². The number of carbonyl (C=O) groups is 1. The summed E-state index contributed by atoms with van der Waals surface area (Å²) in [5, 5.41) is 8.37. The van der Waals surface area contributed by atoms with Gasteiger partial charge < -0.3 is 5.11 Å². The van der Waals surface area contributed by atoms with Crippen molar-refractivity contribution in [3.8, 4) is 0 Å². The number of hydrogen-bond donors (Lipinski definition) is 1. The van der Waals surface area contributed by atoms with E-state index < -0.39 is 5.97 Å². The summed E-state index contributed by atoms with van der Waals surface area (Å²) in [4.78, 5) is 10.2. The molecule has 50 valence electrons. The van der Waals surface area contributed by atoms with Gasteiger partial charge in [-0.05, 0) is 12.3 Å². The second-order valence-corrected chi connectivity index (χ2v) is 2.41. The van der Waals surface area contributed by atoms with Crippen LogP contribution in [0.15, 0.2) is 11.6 Å². The lowest BCUT2D eigenvalue weighted by atomic mass is 10.3. The molecule has 1 rings (SSSR count). The van der Waals surface area contributed by atoms with Crippen LogP contribution >= 0.6 is 11.6 Å². The van der Waals surface area contributed by atoms with Crippen LogP contribution < -0.4 is 0 Å². The van der Waals surface area contributed by atoms with Crippen molar-refractivity contribution < 1.29 is 9.90 Å². The summed E-state index contributed by atoms with van der Waals surface area (Å²) in [6, 6.07) is 0. The first-order chi connectivity index (χ1) is 4.25. The largest absolute Gasteiger partial charge is 0.481 e. The number of carboxylic acids is 1. The third-order valence-corrected chi connectivity index (χ3v) is 1.62. The first-order valence-corrected chi connectivity index (χ1v) is 3.19. The Balaban J connectivity index is 2.33. The van der Waals surface area contributed by atoms with E-state index in [0.717, 1.165) is 6.42 Å². The number of aliphatic carboxylic acids is 1. The molecule has 1 saturated carbocycles. The molecule has 0 saturated heterocycles. The lowest BCUT2D eigenvalue weighted by Gasteiger charge is -1.82. The third-order valence-electron chi connectivity index (χ3n) is 1.48. The molecule has 2 nitrogen and oxygen atoms in total. The van der Waals surface area contributed by atoms with Gasteiger partial charge in [0.1, 0.15) is 0 Å². The predicted molar refractivity (Wildman–Crippen MR) is 34.2 cm³/mol. The number of halogens is 1. The zero-order valence-corrected chi connectivity index (χ0v) is 5.51. The van der Waals surface area contributed by atoms with Crippen molar-refractivity contribution >= 4 is 17.6 Å². The molecule has 1 aliphatic rings. The van der Waals surface area contributed by atoms with E-state index in [1.54, 1.807) is 6.08 Å². The van der Waals surface area contributed by atoms with E-state index in [1.807, 2.05) is 0 Å². The smallest absolute Gasteiger partial charge is 0.307 e. The zero-order chi connectivity index (χ0) is 6.85. The molecule has 2 atom stereocenters. The van der Waals surface area contributed by atoms with Crippen LogP contribution in [0.1, 0.15) is 6.42 Å². The van der Waals surface area contributed by atoms with Crippen LogP contribution in [0.3, 0.4) is 0 Å². The fourth-order valence-electron chi connectivity index (χ4n) is 0.805. The summed E-state index contributed by atoms with van der Waals surface area (Å²) >= 11 is 5.23. The van der Waals surface area contributed by atoms with Crippen LogP contribution in [-0.4, -0.2) is 11.1 Å². The number of allylic oxidation sites excluding steroid dienone is 1. The zero-order valence-electron chi connectivity index (χ0n) is 4.75. The van der Waals surface area contributed by atoms with Gasteiger partial charge in [-0.25, -0.2) is 0 Å². The van der Waals surface area contributed by atoms with E-state index in [4.69, 9.17) is 16.7 Å². The van der Waals surface area contributed by atoms with Gasteiger partial charge in [0.2, 0.25) is 0 Å². The Morgan fingerprint density at radius 2 is 2.44 bits per heavy atom. The van der Waals surface area contributed by atoms with E-state index in [0.29, 0.717) is 0 Å². The van der Waals surface area contributed by atoms with Crippen LogP contribution in [0.5, 0.6) is 0 Å². The summed E-state index contributed by atoms with van der Waals surface area (Å²) < 4.78 is 0. The minimum Gasteiger partial charge on any atom is -0.481 e. The topological polar surface area (TPSA) is 37.3 Å². The molecular formula is C6H7ClO2. The predicted octanol–water partition coefficient (Wildman–Crippen LogP) is 1.46. The van der Waals surface area contributed by atoms with E-state index in [-0.39, 0.29) is 11.8 Å². The Morgan fingerprint density at radius 3 is 2.78 bits per heavy atom. The van der Waals surface area contributed by atoms with Crippen LogP contribution in [0.2, 0.25) is 0 Å². The quantitative estimate of drug-likeness (QED) is 0.641. The Kier molecular flexibility index (Phi) is 1.76. The van der Waals surface area contributed by atoms with Gasteiger partial charge in [0.05, 0.1) is 5.92 Å². The fourth-order valence-corrected chi connectivity index (χ4v) is 0.992. The number of carboxylic acid groups (broad SMARTS) is 1. The standard InChI is InChI=1S/C6H7ClO2/c7-2-1-4-3-5(4)6(8)9/h1-2,4-5H,3H2,(H,8,9)/b2-1+/t4-,5-/m1/s1. The normalized spacial score (nSPS) is 33.0. The van der Waals surface area contributed by atoms with Crippen molar-refractivity contribution in [2.45, 2.75) is 6.42 Å². The SMILES string of the molecule is O=C(O)[C@@H]1C[C@H]1/C=C/Cl. The Hall–Kier alpha value is -0.500. The molecule has 0 aromatic heterocycles. The maximum absolute atomic E-state index is 10.2. The van der Waals surface area contributed by atoms with Gasteiger partial charge in [0.25, 0.3) is 0 Å². The van der Waals surface area contributed by atoms with Crippen molar-refractivity contribution in [2.24, 2.45) is 11.8 Å². The molecule has 0 amide bonds. The minimum atomic E-state index is -0.713. The molecule has 0 radical (unpaired) electrons. The molecule has 9 heavy (non-hydrogen) atoms. The highest BCUT2D eigenvalue weighted by Gasteiger charge is 2.40. The van der Waals surface area contributed by atoms with E-state index in [2.05, 4.69) is 0 Å². The van der Waals surface area contributed by atoms with Crippen molar-refractivity contribution in [1.82, 2.24) is 0 Å². The van der Waals surface area contributed by atoms with Crippen LogP contribution in [0.25, 0.3) is 0 Å². The van der Waals surface area contributed by atoms with Gasteiger partial charge in [-0.3, -0.25) is 4.79 Å². The van der Waals surface area contributed by atoms with Crippen molar-refractivity contribution in [1.29, 1.82) is 0 Å². The summed E-state index contributed by atoms with van der Waals surface area (Å²) in [5.41, 5.74) is 1.38. The summed E-state index contributed by atoms with van der Waals surface area (Å²) in [6.45, 7) is 0. The Labute approximate surface area is 58.1 Å². The molecule has 1 N–H and O–H groups in total. The minimum absolute atomic E-state index is 0.167. The Morgan fingerprint density at radius 1 is 1.78 bits per heavy atom. The maximum Gasteiger partial charge on any atom is 0.307 e. The maximum atomic E-state index is 10.2. The lowest BCUT2D eigenvalue weighted by Crippen LogP contribution is -1.97. The van der Waals surface area contributed by atoms with Crippen molar-refractivity contribution in [3.63, 3.8) is 0 Å². The number of hydrogen-bond acceptors (Lipinski definition) is 1. The summed E-state index contributed by atoms with van der Waals surface area (Å²) in [6.07, 6.45) is 2.47. The van der Waals surface area contributed by atoms with E-state index in [1.165, 1.54) is 5.54 Å². The molecular weight excluding hydrogens is 140 g/mol. The molecule has 0 bridgehead atoms. The van der Waals surface area contributed by atoms with Gasteiger partial charge in [-0.15, -0.1) is 0 Å². The van der Waals surface area contributed by atoms with Crippen LogP contribution in [0.4, 0.5) is 0 Å². The van der Waals surface area contributed by atoms with Crippen molar-refractivity contribution in [3.05, 3.63) is 11.6 Å². The first kappa shape index (κ1) is 6.62. The average molecular weight is 147 g/mol. The fraction of sp³-hybridized carbons (Fsp3) is 0.500. The van der Waals surface area contributed by atoms with E-state index >= 15 is 0 Å². The van der Waals surface area contributed by atoms with Crippen LogP contribution in [0, 0.1) is 11.8 Å². The highest BCUT2D eigenvalue weighted by Crippen LogP contribution is 2.39. The van der Waals surface area contributed by atoms with Gasteiger partial charge in [-0.2, -0.15) is 0 Å². The van der Waals surface area contributed by atoms with Gasteiger partial charge in [0.15, 0.2) is 0 Å². The molecule has 0 aromatic carbocycles. The lowest BCUT2D eigenvalue weighted by molar-refractivity contribution is -0.138. The van der Waals surface area contributed by atoms with E-state index in [9.17, 15) is 4.79 Å². The highest BCUT2D eigenvalue weighted by molar-refractivity contribution is 6.25. The van der Waals surface area contributed by atoms with Gasteiger partial charge >= 0.3 is 5.97 Å². The first-order valence-electron chi connectivity index (χ1n) is 2.75. The third kappa shape index (κ3) is 1.45. The molecule has 1 fully saturated rings. The second-order valence-electron chi connectivity index (χ2n) is 2.16. The van der Waals surface area contributed by atoms with Gasteiger partial charge in [0, 0.05) is 5.54 Å². The highest BCUT2D eigenvalue weighted by atomic mass is 35.5. The number of rotatable bonds is 2. The van der Waals surface area contributed by atoms with Gasteiger partial charge in [-0.1, -0.05) is 17.7 Å². The molecule has 1 aliphatic carbocycles. The molecule has 0 spiro atoms. The average Bonchev–Trinajstić information content (AvgIpc) is 2.47. The molecule has 0 unspecified atom stereocenters.